The van der Waals surface area contributed by atoms with E-state index < -0.39 is 5.76 Å². The normalized spacial score (nSPS) is 13.5. The largest absolute Gasteiger partial charge is 0.507 e. The van der Waals surface area contributed by atoms with Gasteiger partial charge in [-0.1, -0.05) is 0 Å². The Balaban J connectivity index is 2.45. The molecule has 3 rings (SSSR count). The van der Waals surface area contributed by atoms with Crippen LogP contribution in [-0.4, -0.2) is 9.67 Å². The molecule has 0 radical (unpaired) electrons. The van der Waals surface area contributed by atoms with Crippen LogP contribution in [0.3, 0.4) is 0 Å². The highest BCUT2D eigenvalue weighted by molar-refractivity contribution is 5.60. The van der Waals surface area contributed by atoms with Gasteiger partial charge in [0.2, 0.25) is 0 Å². The Morgan fingerprint density at radius 1 is 0.955 bits per heavy atom. The van der Waals surface area contributed by atoms with E-state index in [4.69, 9.17) is 4.42 Å². The number of phenols is 1. The van der Waals surface area contributed by atoms with E-state index in [1.54, 1.807) is 6.92 Å². The minimum absolute atomic E-state index is 0.116. The van der Waals surface area contributed by atoms with Crippen LogP contribution < -0.4 is 11.3 Å². The van der Waals surface area contributed by atoms with Gasteiger partial charge in [0.25, 0.3) is 5.56 Å². The standard InChI is InChI=1S/C17H19NO4/c1-8-9(2)14(11(4)15(19)10(8)3)18-16(20)12-6-5-7-13(12)22-17(18)21/h19H,5-7H2,1-4H3. The molecule has 0 saturated carbocycles. The first-order chi connectivity index (χ1) is 10.3. The molecule has 116 valence electrons. The molecule has 1 aromatic carbocycles. The summed E-state index contributed by atoms with van der Waals surface area (Å²) < 4.78 is 6.40. The number of nitrogens with zero attached hydrogens (tertiary/aromatic N) is 1. The molecule has 0 fully saturated rings. The number of fused-ring (bicyclic) bond motifs is 1. The summed E-state index contributed by atoms with van der Waals surface area (Å²) in [6.45, 7) is 7.25. The van der Waals surface area contributed by atoms with Crippen molar-refractivity contribution in [2.45, 2.75) is 47.0 Å². The first-order valence-corrected chi connectivity index (χ1v) is 7.42. The van der Waals surface area contributed by atoms with Crippen LogP contribution in [0.5, 0.6) is 5.75 Å². The maximum Gasteiger partial charge on any atom is 0.426 e. The van der Waals surface area contributed by atoms with Gasteiger partial charge in [0.1, 0.15) is 11.5 Å². The fourth-order valence-corrected chi connectivity index (χ4v) is 3.26. The second-order valence-corrected chi connectivity index (χ2v) is 5.96. The molecule has 0 saturated heterocycles. The number of rotatable bonds is 1. The van der Waals surface area contributed by atoms with Gasteiger partial charge >= 0.3 is 5.76 Å². The van der Waals surface area contributed by atoms with E-state index in [0.29, 0.717) is 35.4 Å². The molecule has 5 heteroatoms. The zero-order valence-corrected chi connectivity index (χ0v) is 13.2. The first-order valence-electron chi connectivity index (χ1n) is 7.42. The molecule has 1 N–H and O–H groups in total. The number of hydrogen-bond acceptors (Lipinski definition) is 4. The highest BCUT2D eigenvalue weighted by atomic mass is 16.4. The van der Waals surface area contributed by atoms with Crippen LogP contribution >= 0.6 is 0 Å². The smallest absolute Gasteiger partial charge is 0.426 e. The summed E-state index contributed by atoms with van der Waals surface area (Å²) in [5.41, 5.74) is 3.65. The molecule has 0 atom stereocenters. The van der Waals surface area contributed by atoms with Crippen LogP contribution in [0.25, 0.3) is 5.69 Å². The predicted octanol–water partition coefficient (Wildman–Crippen LogP) is 2.22. The summed E-state index contributed by atoms with van der Waals surface area (Å²) in [6.07, 6.45) is 2.09. The summed E-state index contributed by atoms with van der Waals surface area (Å²) in [5, 5.41) is 10.3. The minimum Gasteiger partial charge on any atom is -0.507 e. The van der Waals surface area contributed by atoms with E-state index in [-0.39, 0.29) is 11.3 Å². The summed E-state index contributed by atoms with van der Waals surface area (Å²) in [7, 11) is 0. The lowest BCUT2D eigenvalue weighted by atomic mass is 9.96. The average Bonchev–Trinajstić information content (AvgIpc) is 2.95. The van der Waals surface area contributed by atoms with Gasteiger partial charge in [-0.25, -0.2) is 9.36 Å². The van der Waals surface area contributed by atoms with Crippen molar-refractivity contribution >= 4 is 0 Å². The number of aromatic nitrogens is 1. The lowest BCUT2D eigenvalue weighted by Gasteiger charge is -2.18. The van der Waals surface area contributed by atoms with Crippen molar-refractivity contribution in [2.24, 2.45) is 0 Å². The first kappa shape index (κ1) is 14.6. The Morgan fingerprint density at radius 3 is 2.32 bits per heavy atom. The minimum atomic E-state index is -0.681. The van der Waals surface area contributed by atoms with E-state index in [9.17, 15) is 14.7 Å². The molecule has 1 heterocycles. The highest BCUT2D eigenvalue weighted by Gasteiger charge is 2.24. The Hall–Kier alpha value is -2.30. The van der Waals surface area contributed by atoms with Crippen LogP contribution in [0.1, 0.15) is 40.0 Å². The van der Waals surface area contributed by atoms with Gasteiger partial charge < -0.3 is 9.52 Å². The molecule has 1 aliphatic rings. The van der Waals surface area contributed by atoms with Crippen molar-refractivity contribution < 1.29 is 9.52 Å². The average molecular weight is 301 g/mol. The van der Waals surface area contributed by atoms with Crippen molar-refractivity contribution in [3.8, 4) is 11.4 Å². The van der Waals surface area contributed by atoms with Gasteiger partial charge in [-0.15, -0.1) is 0 Å². The molecule has 0 spiro atoms. The molecule has 1 aliphatic carbocycles. The van der Waals surface area contributed by atoms with Gasteiger partial charge in [0, 0.05) is 12.0 Å². The number of hydrogen-bond donors (Lipinski definition) is 1. The molecular weight excluding hydrogens is 282 g/mol. The van der Waals surface area contributed by atoms with Crippen molar-refractivity contribution in [1.82, 2.24) is 4.57 Å². The fraction of sp³-hybridized carbons (Fsp3) is 0.412. The van der Waals surface area contributed by atoms with Gasteiger partial charge in [-0.3, -0.25) is 4.79 Å². The Bertz CT molecular complexity index is 873. The van der Waals surface area contributed by atoms with Gasteiger partial charge in [-0.2, -0.15) is 0 Å². The number of phenolic OH excluding ortho intramolecular Hbond substituents is 1. The van der Waals surface area contributed by atoms with Gasteiger partial charge in [0.05, 0.1) is 11.3 Å². The van der Waals surface area contributed by atoms with Crippen molar-refractivity contribution in [3.05, 3.63) is 54.5 Å². The van der Waals surface area contributed by atoms with Crippen LogP contribution in [0.2, 0.25) is 0 Å². The summed E-state index contributed by atoms with van der Waals surface area (Å²) in [6, 6.07) is 0. The molecule has 22 heavy (non-hydrogen) atoms. The maximum absolute atomic E-state index is 12.7. The van der Waals surface area contributed by atoms with Crippen molar-refractivity contribution in [1.29, 1.82) is 0 Å². The zero-order chi connectivity index (χ0) is 16.2. The van der Waals surface area contributed by atoms with E-state index in [1.807, 2.05) is 20.8 Å². The summed E-state index contributed by atoms with van der Waals surface area (Å²) >= 11 is 0. The molecule has 0 bridgehead atoms. The van der Waals surface area contributed by atoms with Crippen LogP contribution in [0.15, 0.2) is 14.0 Å². The van der Waals surface area contributed by atoms with E-state index >= 15 is 0 Å². The lowest BCUT2D eigenvalue weighted by molar-refractivity contribution is 0.420. The van der Waals surface area contributed by atoms with E-state index in [0.717, 1.165) is 27.7 Å². The number of aryl methyl sites for hydroxylation is 1. The number of benzene rings is 1. The Morgan fingerprint density at radius 2 is 1.64 bits per heavy atom. The fourth-order valence-electron chi connectivity index (χ4n) is 3.26. The second kappa shape index (κ2) is 4.87. The molecule has 2 aromatic rings. The zero-order valence-electron chi connectivity index (χ0n) is 13.2. The summed E-state index contributed by atoms with van der Waals surface area (Å²) in [5.74, 6) is -0.0565. The molecule has 0 aliphatic heterocycles. The Labute approximate surface area is 127 Å². The molecular formula is C17H19NO4. The third kappa shape index (κ3) is 1.85. The third-order valence-corrected chi connectivity index (χ3v) is 4.79. The topological polar surface area (TPSA) is 72.4 Å². The van der Waals surface area contributed by atoms with Gasteiger partial charge in [-0.05, 0) is 57.2 Å². The monoisotopic (exact) mass is 301 g/mol. The lowest BCUT2D eigenvalue weighted by Crippen LogP contribution is -2.34. The van der Waals surface area contributed by atoms with Crippen molar-refractivity contribution in [3.63, 3.8) is 0 Å². The van der Waals surface area contributed by atoms with Gasteiger partial charge in [0.15, 0.2) is 0 Å². The van der Waals surface area contributed by atoms with Crippen LogP contribution in [-0.2, 0) is 12.8 Å². The second-order valence-electron chi connectivity index (χ2n) is 5.96. The molecule has 1 aromatic heterocycles. The van der Waals surface area contributed by atoms with E-state index in [2.05, 4.69) is 0 Å². The van der Waals surface area contributed by atoms with Crippen LogP contribution in [0, 0.1) is 27.7 Å². The SMILES string of the molecule is Cc1c(C)c(O)c(C)c(-n2c(=O)oc3c(c2=O)CCC3)c1C. The third-order valence-electron chi connectivity index (χ3n) is 4.79. The maximum atomic E-state index is 12.7. The van der Waals surface area contributed by atoms with Crippen LogP contribution in [0.4, 0.5) is 0 Å². The molecule has 5 nitrogen and oxygen atoms in total. The van der Waals surface area contributed by atoms with E-state index in [1.165, 1.54) is 0 Å². The highest BCUT2D eigenvalue weighted by Crippen LogP contribution is 2.33. The molecule has 0 unspecified atom stereocenters. The molecule has 0 amide bonds. The van der Waals surface area contributed by atoms with Crippen molar-refractivity contribution in [2.75, 3.05) is 0 Å². The summed E-state index contributed by atoms with van der Waals surface area (Å²) in [4.78, 5) is 25.0. The Kier molecular flexibility index (Phi) is 3.24. The quantitative estimate of drug-likeness (QED) is 0.876. The predicted molar refractivity (Wildman–Crippen MR) is 83.2 cm³/mol. The number of aromatic hydroxyl groups is 1.